The van der Waals surface area contributed by atoms with Crippen molar-refractivity contribution in [1.29, 1.82) is 5.26 Å². The average Bonchev–Trinajstić information content (AvgIpc) is 3.00. The Morgan fingerprint density at radius 1 is 1.52 bits per heavy atom. The lowest BCUT2D eigenvalue weighted by Gasteiger charge is -2.15. The first kappa shape index (κ1) is 13.9. The van der Waals surface area contributed by atoms with Crippen LogP contribution in [0.3, 0.4) is 0 Å². The number of carbonyl (C=O) groups excluding carboxylic acids is 1. The molecule has 0 saturated carbocycles. The van der Waals surface area contributed by atoms with E-state index in [9.17, 15) is 4.79 Å². The van der Waals surface area contributed by atoms with E-state index in [2.05, 4.69) is 11.1 Å². The number of imidazole rings is 1. The van der Waals surface area contributed by atoms with Gasteiger partial charge in [-0.1, -0.05) is 0 Å². The minimum Gasteiger partial charge on any atom is -0.344 e. The predicted molar refractivity (Wildman–Crippen MR) is 80.2 cm³/mol. The van der Waals surface area contributed by atoms with Gasteiger partial charge in [0, 0.05) is 25.9 Å². The Hall–Kier alpha value is -2.06. The molecule has 0 N–H and O–H groups in total. The summed E-state index contributed by atoms with van der Waals surface area (Å²) in [6, 6.07) is 7.26. The maximum Gasteiger partial charge on any atom is 0.245 e. The van der Waals surface area contributed by atoms with Gasteiger partial charge < -0.3 is 9.47 Å². The second-order valence-corrected chi connectivity index (χ2v) is 5.59. The fourth-order valence-corrected chi connectivity index (χ4v) is 3.03. The zero-order valence-electron chi connectivity index (χ0n) is 11.7. The van der Waals surface area contributed by atoms with Crippen LogP contribution >= 0.6 is 11.6 Å². The number of likely N-dealkylation sites (N-methyl/N-ethyl adjacent to an activating group) is 1. The Kier molecular flexibility index (Phi) is 3.56. The minimum absolute atomic E-state index is 0.0903. The number of nitrogens with zero attached hydrogens (tertiary/aromatic N) is 4. The second kappa shape index (κ2) is 5.38. The highest BCUT2D eigenvalue weighted by molar-refractivity contribution is 6.17. The number of hydrogen-bond donors (Lipinski definition) is 0. The van der Waals surface area contributed by atoms with Gasteiger partial charge >= 0.3 is 0 Å². The smallest absolute Gasteiger partial charge is 0.245 e. The lowest BCUT2D eigenvalue weighted by molar-refractivity contribution is -0.129. The maximum absolute atomic E-state index is 12.3. The molecular weight excluding hydrogens is 288 g/mol. The van der Waals surface area contributed by atoms with Crippen molar-refractivity contribution in [2.24, 2.45) is 0 Å². The van der Waals surface area contributed by atoms with Crippen LogP contribution in [-0.4, -0.2) is 39.8 Å². The van der Waals surface area contributed by atoms with Gasteiger partial charge in [-0.2, -0.15) is 5.26 Å². The van der Waals surface area contributed by atoms with Gasteiger partial charge in [-0.3, -0.25) is 4.79 Å². The molecule has 108 valence electrons. The summed E-state index contributed by atoms with van der Waals surface area (Å²) >= 11 is 5.86. The minimum atomic E-state index is -0.243. The van der Waals surface area contributed by atoms with E-state index in [1.165, 1.54) is 0 Å². The Balaban J connectivity index is 2.20. The van der Waals surface area contributed by atoms with Crippen molar-refractivity contribution in [3.8, 4) is 6.07 Å². The summed E-state index contributed by atoms with van der Waals surface area (Å²) in [6.07, 6.45) is 1.36. The first-order valence-electron chi connectivity index (χ1n) is 6.87. The normalized spacial score (nSPS) is 18.4. The van der Waals surface area contributed by atoms with Gasteiger partial charge in [0.1, 0.15) is 11.9 Å². The number of carbonyl (C=O) groups is 1. The summed E-state index contributed by atoms with van der Waals surface area (Å²) in [5.41, 5.74) is 2.21. The largest absolute Gasteiger partial charge is 0.344 e. The first-order chi connectivity index (χ1) is 10.2. The molecule has 0 spiro atoms. The summed E-state index contributed by atoms with van der Waals surface area (Å²) in [6.45, 7) is 0.738. The molecule has 1 fully saturated rings. The Morgan fingerprint density at radius 3 is 2.95 bits per heavy atom. The molecule has 1 aromatic carbocycles. The summed E-state index contributed by atoms with van der Waals surface area (Å²) in [5, 5.41) is 9.08. The average molecular weight is 303 g/mol. The number of benzene rings is 1. The first-order valence-corrected chi connectivity index (χ1v) is 7.41. The number of fused-ring (bicyclic) bond motifs is 1. The fraction of sp³-hybridized carbons (Fsp3) is 0.400. The molecule has 1 saturated heterocycles. The highest BCUT2D eigenvalue weighted by Gasteiger charge is 2.33. The molecular formula is C15H15ClN4O. The van der Waals surface area contributed by atoms with Crippen molar-refractivity contribution in [2.75, 3.05) is 19.5 Å². The summed E-state index contributed by atoms with van der Waals surface area (Å²) in [4.78, 5) is 18.6. The molecule has 6 heteroatoms. The standard InChI is InChI=1S/C15H15ClN4O/c1-19-7-5-12(15(19)21)20-13-8-10(9-17)2-3-11(13)18-14(20)4-6-16/h2-3,8,12H,4-7H2,1H3. The lowest BCUT2D eigenvalue weighted by atomic mass is 10.2. The number of likely N-dealkylation sites (tertiary alicyclic amines) is 1. The van der Waals surface area contributed by atoms with E-state index in [4.69, 9.17) is 16.9 Å². The van der Waals surface area contributed by atoms with Crippen LogP contribution in [0.15, 0.2) is 18.2 Å². The van der Waals surface area contributed by atoms with E-state index < -0.39 is 0 Å². The molecule has 1 aromatic heterocycles. The van der Waals surface area contributed by atoms with Crippen LogP contribution in [0.5, 0.6) is 0 Å². The lowest BCUT2D eigenvalue weighted by Crippen LogP contribution is -2.25. The van der Waals surface area contributed by atoms with Crippen LogP contribution in [0.1, 0.15) is 23.9 Å². The number of alkyl halides is 1. The molecule has 1 amide bonds. The number of nitriles is 1. The molecule has 2 heterocycles. The maximum atomic E-state index is 12.3. The SMILES string of the molecule is CN1CCC(n2c(CCCl)nc3ccc(C#N)cc32)C1=O. The molecule has 3 rings (SSSR count). The number of amides is 1. The van der Waals surface area contributed by atoms with Crippen molar-refractivity contribution in [3.63, 3.8) is 0 Å². The number of halogens is 1. The number of aryl methyl sites for hydroxylation is 1. The van der Waals surface area contributed by atoms with Gasteiger partial charge in [-0.15, -0.1) is 11.6 Å². The highest BCUT2D eigenvalue weighted by atomic mass is 35.5. The predicted octanol–water partition coefficient (Wildman–Crippen LogP) is 2.09. The van der Waals surface area contributed by atoms with Crippen molar-refractivity contribution < 1.29 is 4.79 Å². The summed E-state index contributed by atoms with van der Waals surface area (Å²) < 4.78 is 1.96. The topological polar surface area (TPSA) is 61.9 Å². The molecule has 0 bridgehead atoms. The van der Waals surface area contributed by atoms with Crippen molar-refractivity contribution in [3.05, 3.63) is 29.6 Å². The third-order valence-corrected chi connectivity index (χ3v) is 4.11. The second-order valence-electron chi connectivity index (χ2n) is 5.22. The number of rotatable bonds is 3. The molecule has 21 heavy (non-hydrogen) atoms. The van der Waals surface area contributed by atoms with E-state index in [1.54, 1.807) is 17.0 Å². The van der Waals surface area contributed by atoms with E-state index in [1.807, 2.05) is 17.7 Å². The molecule has 0 aliphatic carbocycles. The van der Waals surface area contributed by atoms with Gasteiger partial charge in [0.25, 0.3) is 0 Å². The van der Waals surface area contributed by atoms with Crippen LogP contribution in [0.25, 0.3) is 11.0 Å². The summed E-state index contributed by atoms with van der Waals surface area (Å²) in [5.74, 6) is 1.35. The third-order valence-electron chi connectivity index (χ3n) is 3.92. The summed E-state index contributed by atoms with van der Waals surface area (Å²) in [7, 11) is 1.81. The Morgan fingerprint density at radius 2 is 2.33 bits per heavy atom. The quantitative estimate of drug-likeness (QED) is 0.816. The van der Waals surface area contributed by atoms with Gasteiger partial charge in [0.2, 0.25) is 5.91 Å². The van der Waals surface area contributed by atoms with Gasteiger partial charge in [-0.05, 0) is 24.6 Å². The van der Waals surface area contributed by atoms with Crippen molar-refractivity contribution in [2.45, 2.75) is 18.9 Å². The van der Waals surface area contributed by atoms with E-state index in [0.29, 0.717) is 17.9 Å². The van der Waals surface area contributed by atoms with E-state index >= 15 is 0 Å². The molecule has 1 aliphatic rings. The zero-order chi connectivity index (χ0) is 15.0. The van der Waals surface area contributed by atoms with Gasteiger partial charge in [-0.25, -0.2) is 4.98 Å². The Bertz CT molecular complexity index is 746. The molecule has 0 radical (unpaired) electrons. The number of hydrogen-bond acceptors (Lipinski definition) is 3. The fourth-order valence-electron chi connectivity index (χ4n) is 2.86. The molecule has 2 aromatic rings. The zero-order valence-corrected chi connectivity index (χ0v) is 12.5. The molecule has 1 aliphatic heterocycles. The third kappa shape index (κ3) is 2.26. The van der Waals surface area contributed by atoms with Crippen LogP contribution in [-0.2, 0) is 11.2 Å². The Labute approximate surface area is 127 Å². The van der Waals surface area contributed by atoms with Crippen molar-refractivity contribution >= 4 is 28.5 Å². The monoisotopic (exact) mass is 302 g/mol. The van der Waals surface area contributed by atoms with E-state index in [-0.39, 0.29) is 11.9 Å². The molecule has 1 unspecified atom stereocenters. The van der Waals surface area contributed by atoms with Gasteiger partial charge in [0.05, 0.1) is 22.7 Å². The number of aromatic nitrogens is 2. The van der Waals surface area contributed by atoms with Crippen LogP contribution in [0.4, 0.5) is 0 Å². The highest BCUT2D eigenvalue weighted by Crippen LogP contribution is 2.29. The van der Waals surface area contributed by atoms with Crippen LogP contribution in [0, 0.1) is 11.3 Å². The molecule has 5 nitrogen and oxygen atoms in total. The van der Waals surface area contributed by atoms with Crippen molar-refractivity contribution in [1.82, 2.24) is 14.5 Å². The van der Waals surface area contributed by atoms with Gasteiger partial charge in [0.15, 0.2) is 0 Å². The van der Waals surface area contributed by atoms with E-state index in [0.717, 1.165) is 29.8 Å². The van der Waals surface area contributed by atoms with Crippen LogP contribution in [0.2, 0.25) is 0 Å². The molecule has 1 atom stereocenters. The van der Waals surface area contributed by atoms with Crippen LogP contribution < -0.4 is 0 Å².